The Labute approximate surface area is 109 Å². The maximum Gasteiger partial charge on any atom is 0.228 e. The van der Waals surface area contributed by atoms with Gasteiger partial charge in [0.25, 0.3) is 0 Å². The van der Waals surface area contributed by atoms with Gasteiger partial charge in [0, 0.05) is 5.69 Å². The minimum atomic E-state index is 0.497. The van der Waals surface area contributed by atoms with Crippen LogP contribution in [0.15, 0.2) is 40.8 Å². The average Bonchev–Trinajstić information content (AvgIpc) is 2.77. The van der Waals surface area contributed by atoms with E-state index in [2.05, 4.69) is 4.98 Å². The Kier molecular flexibility index (Phi) is 2.49. The van der Waals surface area contributed by atoms with Crippen LogP contribution in [0.5, 0.6) is 0 Å². The fraction of sp³-hybridized carbons (Fsp3) is 0.0714. The van der Waals surface area contributed by atoms with Gasteiger partial charge in [-0.1, -0.05) is 23.7 Å². The highest BCUT2D eigenvalue weighted by Gasteiger charge is 2.12. The van der Waals surface area contributed by atoms with E-state index in [1.165, 1.54) is 0 Å². The molecule has 18 heavy (non-hydrogen) atoms. The second-order valence-corrected chi connectivity index (χ2v) is 4.59. The van der Waals surface area contributed by atoms with Gasteiger partial charge in [-0.3, -0.25) is 0 Å². The highest BCUT2D eigenvalue weighted by Crippen LogP contribution is 2.32. The molecule has 0 aliphatic rings. The number of aromatic nitrogens is 1. The van der Waals surface area contributed by atoms with Gasteiger partial charge in [-0.05, 0) is 36.8 Å². The Morgan fingerprint density at radius 2 is 2.06 bits per heavy atom. The Balaban J connectivity index is 2.26. The van der Waals surface area contributed by atoms with Gasteiger partial charge in [0.05, 0.1) is 10.6 Å². The molecule has 3 nitrogen and oxygen atoms in total. The van der Waals surface area contributed by atoms with Crippen molar-refractivity contribution >= 4 is 28.4 Å². The number of hydrogen-bond acceptors (Lipinski definition) is 3. The zero-order chi connectivity index (χ0) is 12.7. The van der Waals surface area contributed by atoms with Gasteiger partial charge in [-0.25, -0.2) is 4.98 Å². The minimum Gasteiger partial charge on any atom is -0.436 e. The molecule has 0 saturated carbocycles. The number of rotatable bonds is 1. The summed E-state index contributed by atoms with van der Waals surface area (Å²) >= 11 is 6.14. The third-order valence-electron chi connectivity index (χ3n) is 2.83. The van der Waals surface area contributed by atoms with Crippen LogP contribution in [-0.4, -0.2) is 4.98 Å². The van der Waals surface area contributed by atoms with E-state index in [1.807, 2.05) is 25.1 Å². The smallest absolute Gasteiger partial charge is 0.228 e. The van der Waals surface area contributed by atoms with Gasteiger partial charge in [0.15, 0.2) is 5.58 Å². The molecule has 3 rings (SSSR count). The van der Waals surface area contributed by atoms with Gasteiger partial charge in [-0.15, -0.1) is 0 Å². The molecular weight excluding hydrogens is 248 g/mol. The molecule has 0 saturated heterocycles. The van der Waals surface area contributed by atoms with Crippen LogP contribution in [0.25, 0.3) is 22.6 Å². The predicted octanol–water partition coefficient (Wildman–Crippen LogP) is 4.04. The highest BCUT2D eigenvalue weighted by atomic mass is 35.5. The summed E-state index contributed by atoms with van der Waals surface area (Å²) in [5, 5.41) is 0.577. The van der Waals surface area contributed by atoms with E-state index in [0.29, 0.717) is 22.2 Å². The molecule has 0 aliphatic heterocycles. The molecule has 2 aromatic carbocycles. The molecule has 0 radical (unpaired) electrons. The van der Waals surface area contributed by atoms with Crippen LogP contribution in [0.1, 0.15) is 5.56 Å². The van der Waals surface area contributed by atoms with E-state index >= 15 is 0 Å². The Hall–Kier alpha value is -2.00. The minimum absolute atomic E-state index is 0.497. The van der Waals surface area contributed by atoms with Crippen LogP contribution in [0.3, 0.4) is 0 Å². The number of nitrogens with zero attached hydrogens (tertiary/aromatic N) is 1. The molecule has 0 aliphatic carbocycles. The quantitative estimate of drug-likeness (QED) is 0.670. The van der Waals surface area contributed by atoms with Gasteiger partial charge < -0.3 is 10.2 Å². The number of fused-ring (bicyclic) bond motifs is 1. The maximum absolute atomic E-state index is 6.14. The highest BCUT2D eigenvalue weighted by molar-refractivity contribution is 6.33. The van der Waals surface area contributed by atoms with E-state index in [-0.39, 0.29) is 0 Å². The summed E-state index contributed by atoms with van der Waals surface area (Å²) < 4.78 is 5.77. The second kappa shape index (κ2) is 4.03. The molecule has 0 unspecified atom stereocenters. The molecular formula is C14H11ClN2O. The first kappa shape index (κ1) is 11.1. The van der Waals surface area contributed by atoms with Crippen molar-refractivity contribution in [3.8, 4) is 11.5 Å². The Bertz CT molecular complexity index is 734. The summed E-state index contributed by atoms with van der Waals surface area (Å²) in [6.07, 6.45) is 0. The summed E-state index contributed by atoms with van der Waals surface area (Å²) in [7, 11) is 0. The van der Waals surface area contributed by atoms with Crippen LogP contribution in [-0.2, 0) is 0 Å². The van der Waals surface area contributed by atoms with Crippen molar-refractivity contribution in [3.05, 3.63) is 47.0 Å². The van der Waals surface area contributed by atoms with Crippen molar-refractivity contribution in [2.24, 2.45) is 0 Å². The summed E-state index contributed by atoms with van der Waals surface area (Å²) in [5.41, 5.74) is 9.76. The SMILES string of the molecule is Cc1cccc2nc(-c3cc(N)ccc3Cl)oc12. The first-order valence-corrected chi connectivity index (χ1v) is 5.94. The van der Waals surface area contributed by atoms with Crippen molar-refractivity contribution in [2.45, 2.75) is 6.92 Å². The molecule has 3 aromatic rings. The van der Waals surface area contributed by atoms with Crippen molar-refractivity contribution < 1.29 is 4.42 Å². The Morgan fingerprint density at radius 3 is 2.83 bits per heavy atom. The summed E-state index contributed by atoms with van der Waals surface area (Å²) in [6.45, 7) is 1.98. The number of aryl methyl sites for hydroxylation is 1. The van der Waals surface area contributed by atoms with Crippen LogP contribution in [0.4, 0.5) is 5.69 Å². The van der Waals surface area contributed by atoms with Gasteiger partial charge in [0.2, 0.25) is 5.89 Å². The summed E-state index contributed by atoms with van der Waals surface area (Å²) in [4.78, 5) is 4.44. The van der Waals surface area contributed by atoms with Crippen molar-refractivity contribution in [1.29, 1.82) is 0 Å². The first-order chi connectivity index (χ1) is 8.65. The normalized spacial score (nSPS) is 11.0. The summed E-state index contributed by atoms with van der Waals surface area (Å²) in [5.74, 6) is 0.497. The number of anilines is 1. The van der Waals surface area contributed by atoms with Crippen molar-refractivity contribution in [1.82, 2.24) is 4.98 Å². The first-order valence-electron chi connectivity index (χ1n) is 5.57. The van der Waals surface area contributed by atoms with Gasteiger partial charge >= 0.3 is 0 Å². The lowest BCUT2D eigenvalue weighted by Gasteiger charge is -2.00. The van der Waals surface area contributed by atoms with Crippen molar-refractivity contribution in [3.63, 3.8) is 0 Å². The van der Waals surface area contributed by atoms with Crippen LogP contribution in [0.2, 0.25) is 5.02 Å². The monoisotopic (exact) mass is 258 g/mol. The lowest BCUT2D eigenvalue weighted by molar-refractivity contribution is 0.617. The van der Waals surface area contributed by atoms with E-state index in [0.717, 1.165) is 16.7 Å². The number of benzene rings is 2. The second-order valence-electron chi connectivity index (χ2n) is 4.18. The molecule has 0 fully saturated rings. The number of para-hydroxylation sites is 1. The van der Waals surface area contributed by atoms with Gasteiger partial charge in [-0.2, -0.15) is 0 Å². The van der Waals surface area contributed by atoms with E-state index in [1.54, 1.807) is 18.2 Å². The number of nitrogen functional groups attached to an aromatic ring is 1. The third kappa shape index (κ3) is 1.73. The predicted molar refractivity (Wildman–Crippen MR) is 73.6 cm³/mol. The number of nitrogens with two attached hydrogens (primary N) is 1. The molecule has 0 spiro atoms. The molecule has 1 heterocycles. The van der Waals surface area contributed by atoms with Crippen molar-refractivity contribution in [2.75, 3.05) is 5.73 Å². The van der Waals surface area contributed by atoms with E-state index in [4.69, 9.17) is 21.8 Å². The van der Waals surface area contributed by atoms with Gasteiger partial charge in [0.1, 0.15) is 5.52 Å². The molecule has 0 amide bonds. The summed E-state index contributed by atoms with van der Waals surface area (Å²) in [6, 6.07) is 11.1. The molecule has 0 bridgehead atoms. The number of halogens is 1. The third-order valence-corrected chi connectivity index (χ3v) is 3.16. The fourth-order valence-corrected chi connectivity index (χ4v) is 2.11. The zero-order valence-corrected chi connectivity index (χ0v) is 10.5. The van der Waals surface area contributed by atoms with Crippen LogP contribution in [0, 0.1) is 6.92 Å². The number of oxazole rings is 1. The standard InChI is InChI=1S/C14H11ClN2O/c1-8-3-2-4-12-13(8)18-14(17-12)10-7-9(16)5-6-11(10)15/h2-7H,16H2,1H3. The van der Waals surface area contributed by atoms with E-state index in [9.17, 15) is 0 Å². The lowest BCUT2D eigenvalue weighted by atomic mass is 10.2. The molecule has 1 aromatic heterocycles. The molecule has 0 atom stereocenters. The van der Waals surface area contributed by atoms with E-state index < -0.39 is 0 Å². The number of hydrogen-bond donors (Lipinski definition) is 1. The average molecular weight is 259 g/mol. The van der Waals surface area contributed by atoms with Crippen LogP contribution >= 0.6 is 11.6 Å². The molecule has 4 heteroatoms. The maximum atomic E-state index is 6.14. The Morgan fingerprint density at radius 1 is 1.22 bits per heavy atom. The van der Waals surface area contributed by atoms with Crippen LogP contribution < -0.4 is 5.73 Å². The topological polar surface area (TPSA) is 52.0 Å². The lowest BCUT2D eigenvalue weighted by Crippen LogP contribution is -1.86. The molecule has 2 N–H and O–H groups in total. The zero-order valence-electron chi connectivity index (χ0n) is 9.77. The largest absolute Gasteiger partial charge is 0.436 e. The molecule has 90 valence electrons. The fourth-order valence-electron chi connectivity index (χ4n) is 1.91.